The van der Waals surface area contributed by atoms with Gasteiger partial charge in [0.25, 0.3) is 0 Å². The van der Waals surface area contributed by atoms with Crippen molar-refractivity contribution in [3.05, 3.63) is 48.0 Å². The summed E-state index contributed by atoms with van der Waals surface area (Å²) in [4.78, 5) is 0. The van der Waals surface area contributed by atoms with Crippen LogP contribution in [0.25, 0.3) is 20.2 Å². The van der Waals surface area contributed by atoms with Gasteiger partial charge in [-0.1, -0.05) is 43.7 Å². The maximum atomic E-state index is 2.35. The monoisotopic (exact) mass is 226 g/mol. The molecule has 0 aliphatic rings. The fourth-order valence-electron chi connectivity index (χ4n) is 2.21. The second-order valence-corrected chi connectivity index (χ2v) is 5.26. The third-order valence-corrected chi connectivity index (χ3v) is 4.12. The minimum atomic E-state index is 1.18. The van der Waals surface area contributed by atoms with Crippen LogP contribution in [0.15, 0.2) is 42.5 Å². The first kappa shape index (κ1) is 9.86. The number of benzene rings is 2. The molecular formula is C15H14S. The van der Waals surface area contributed by atoms with Crippen LogP contribution in [0.4, 0.5) is 0 Å². The molecule has 1 aromatic heterocycles. The molecule has 0 fully saturated rings. The summed E-state index contributed by atoms with van der Waals surface area (Å²) in [5.74, 6) is 0. The van der Waals surface area contributed by atoms with Gasteiger partial charge in [-0.3, -0.25) is 0 Å². The molecule has 1 heterocycles. The molecule has 3 rings (SSSR count). The molecule has 0 radical (unpaired) electrons. The molecule has 80 valence electrons. The van der Waals surface area contributed by atoms with Crippen LogP contribution in [0, 0.1) is 0 Å². The lowest BCUT2D eigenvalue weighted by atomic mass is 10.1. The van der Waals surface area contributed by atoms with Crippen LogP contribution in [0.2, 0.25) is 0 Å². The Bertz CT molecular complexity index is 634. The van der Waals surface area contributed by atoms with Gasteiger partial charge in [0, 0.05) is 20.2 Å². The Morgan fingerprint density at radius 3 is 2.62 bits per heavy atom. The maximum Gasteiger partial charge on any atom is 0.0358 e. The Morgan fingerprint density at radius 1 is 0.938 bits per heavy atom. The third kappa shape index (κ3) is 1.52. The Morgan fingerprint density at radius 2 is 1.75 bits per heavy atom. The number of hydrogen-bond donors (Lipinski definition) is 0. The largest absolute Gasteiger partial charge is 0.135 e. The minimum absolute atomic E-state index is 1.18. The van der Waals surface area contributed by atoms with Gasteiger partial charge in [0.05, 0.1) is 0 Å². The standard InChI is InChI=1S/C15H14S/c1-2-5-11-8-9-13-12-6-3-4-7-14(12)16-15(13)10-11/h3-4,6-10H,2,5H2,1H3. The van der Waals surface area contributed by atoms with Gasteiger partial charge >= 0.3 is 0 Å². The topological polar surface area (TPSA) is 0 Å². The van der Waals surface area contributed by atoms with Crippen molar-refractivity contribution in [3.8, 4) is 0 Å². The SMILES string of the molecule is CCCc1ccc2c(c1)sc1ccccc12. The number of hydrogen-bond acceptors (Lipinski definition) is 1. The van der Waals surface area contributed by atoms with Crippen molar-refractivity contribution in [2.75, 3.05) is 0 Å². The van der Waals surface area contributed by atoms with Gasteiger partial charge in [0.1, 0.15) is 0 Å². The summed E-state index contributed by atoms with van der Waals surface area (Å²) in [6, 6.07) is 15.6. The lowest BCUT2D eigenvalue weighted by Gasteiger charge is -1.98. The number of thiophene rings is 1. The molecule has 0 aliphatic heterocycles. The van der Waals surface area contributed by atoms with E-state index in [1.54, 1.807) is 0 Å². The third-order valence-electron chi connectivity index (χ3n) is 2.98. The van der Waals surface area contributed by atoms with Crippen LogP contribution in [-0.4, -0.2) is 0 Å². The lowest BCUT2D eigenvalue weighted by molar-refractivity contribution is 0.924. The van der Waals surface area contributed by atoms with E-state index >= 15 is 0 Å². The van der Waals surface area contributed by atoms with Crippen LogP contribution in [0.3, 0.4) is 0 Å². The van der Waals surface area contributed by atoms with Crippen molar-refractivity contribution in [3.63, 3.8) is 0 Å². The molecule has 0 spiro atoms. The van der Waals surface area contributed by atoms with E-state index in [0.29, 0.717) is 0 Å². The Hall–Kier alpha value is -1.34. The maximum absolute atomic E-state index is 2.35. The molecule has 0 aliphatic carbocycles. The van der Waals surface area contributed by atoms with Gasteiger partial charge in [0.15, 0.2) is 0 Å². The second kappa shape index (κ2) is 3.91. The number of rotatable bonds is 2. The lowest BCUT2D eigenvalue weighted by Crippen LogP contribution is -1.80. The van der Waals surface area contributed by atoms with Crippen LogP contribution in [0.1, 0.15) is 18.9 Å². The van der Waals surface area contributed by atoms with Crippen molar-refractivity contribution < 1.29 is 0 Å². The van der Waals surface area contributed by atoms with Gasteiger partial charge < -0.3 is 0 Å². The highest BCUT2D eigenvalue weighted by atomic mass is 32.1. The molecule has 1 heteroatoms. The molecule has 0 amide bonds. The Balaban J connectivity index is 2.28. The molecule has 0 saturated carbocycles. The van der Waals surface area contributed by atoms with E-state index in [0.717, 1.165) is 0 Å². The predicted octanol–water partition coefficient (Wildman–Crippen LogP) is 5.01. The second-order valence-electron chi connectivity index (χ2n) is 4.18. The van der Waals surface area contributed by atoms with Crippen LogP contribution in [0.5, 0.6) is 0 Å². The highest BCUT2D eigenvalue weighted by Crippen LogP contribution is 2.34. The van der Waals surface area contributed by atoms with Crippen molar-refractivity contribution in [2.24, 2.45) is 0 Å². The zero-order valence-electron chi connectivity index (χ0n) is 9.36. The molecule has 0 nitrogen and oxygen atoms in total. The van der Waals surface area contributed by atoms with Crippen molar-refractivity contribution in [1.82, 2.24) is 0 Å². The van der Waals surface area contributed by atoms with Crippen LogP contribution >= 0.6 is 11.3 Å². The molecule has 0 N–H and O–H groups in total. The molecule has 16 heavy (non-hydrogen) atoms. The van der Waals surface area contributed by atoms with Crippen LogP contribution in [-0.2, 0) is 6.42 Å². The summed E-state index contributed by atoms with van der Waals surface area (Å²) in [6.45, 7) is 2.23. The van der Waals surface area contributed by atoms with E-state index < -0.39 is 0 Å². The van der Waals surface area contributed by atoms with Gasteiger partial charge in [-0.2, -0.15) is 0 Å². The summed E-state index contributed by atoms with van der Waals surface area (Å²) in [6.07, 6.45) is 2.40. The van der Waals surface area contributed by atoms with E-state index in [1.807, 2.05) is 11.3 Å². The normalized spacial score (nSPS) is 11.3. The molecule has 3 aromatic rings. The summed E-state index contributed by atoms with van der Waals surface area (Å²) in [5, 5.41) is 2.80. The average molecular weight is 226 g/mol. The van der Waals surface area contributed by atoms with Crippen molar-refractivity contribution >= 4 is 31.5 Å². The molecular weight excluding hydrogens is 212 g/mol. The summed E-state index contributed by atoms with van der Waals surface area (Å²) >= 11 is 1.90. The van der Waals surface area contributed by atoms with E-state index in [4.69, 9.17) is 0 Å². The predicted molar refractivity (Wildman–Crippen MR) is 73.3 cm³/mol. The Labute approximate surface area is 99.5 Å². The zero-order valence-corrected chi connectivity index (χ0v) is 10.2. The Kier molecular flexibility index (Phi) is 2.41. The van der Waals surface area contributed by atoms with Crippen molar-refractivity contribution in [2.45, 2.75) is 19.8 Å². The fourth-order valence-corrected chi connectivity index (χ4v) is 3.38. The zero-order chi connectivity index (χ0) is 11.0. The van der Waals surface area contributed by atoms with Gasteiger partial charge in [-0.15, -0.1) is 11.3 Å². The first-order chi connectivity index (χ1) is 7.88. The first-order valence-corrected chi connectivity index (χ1v) is 6.60. The summed E-state index contributed by atoms with van der Waals surface area (Å²) in [5.41, 5.74) is 1.46. The molecule has 0 saturated heterocycles. The summed E-state index contributed by atoms with van der Waals surface area (Å²) < 4.78 is 2.82. The number of aryl methyl sites for hydroxylation is 1. The average Bonchev–Trinajstić information content (AvgIpc) is 2.67. The minimum Gasteiger partial charge on any atom is -0.135 e. The summed E-state index contributed by atoms with van der Waals surface area (Å²) in [7, 11) is 0. The first-order valence-electron chi connectivity index (χ1n) is 5.78. The van der Waals surface area contributed by atoms with Gasteiger partial charge in [-0.05, 0) is 24.1 Å². The van der Waals surface area contributed by atoms with Crippen LogP contribution < -0.4 is 0 Å². The quantitative estimate of drug-likeness (QED) is 0.576. The van der Waals surface area contributed by atoms with Gasteiger partial charge in [-0.25, -0.2) is 0 Å². The van der Waals surface area contributed by atoms with E-state index in [-0.39, 0.29) is 0 Å². The molecule has 0 bridgehead atoms. The van der Waals surface area contributed by atoms with E-state index in [9.17, 15) is 0 Å². The molecule has 2 aromatic carbocycles. The molecule has 0 unspecified atom stereocenters. The van der Waals surface area contributed by atoms with Gasteiger partial charge in [0.2, 0.25) is 0 Å². The molecule has 0 atom stereocenters. The van der Waals surface area contributed by atoms with E-state index in [2.05, 4.69) is 49.4 Å². The van der Waals surface area contributed by atoms with Crippen molar-refractivity contribution in [1.29, 1.82) is 0 Å². The highest BCUT2D eigenvalue weighted by Gasteiger charge is 2.04. The smallest absolute Gasteiger partial charge is 0.0358 e. The fraction of sp³-hybridized carbons (Fsp3) is 0.200. The highest BCUT2D eigenvalue weighted by molar-refractivity contribution is 7.25. The number of fused-ring (bicyclic) bond motifs is 3. The van der Waals surface area contributed by atoms with E-state index in [1.165, 1.54) is 38.6 Å².